The quantitative estimate of drug-likeness (QED) is 0.892. The van der Waals surface area contributed by atoms with Gasteiger partial charge in [0.1, 0.15) is 11.9 Å². The van der Waals surface area contributed by atoms with Crippen molar-refractivity contribution in [2.24, 2.45) is 0 Å². The summed E-state index contributed by atoms with van der Waals surface area (Å²) in [6.07, 6.45) is -0.501. The fraction of sp³-hybridized carbons (Fsp3) is 0.235. The van der Waals surface area contributed by atoms with Gasteiger partial charge in [0.2, 0.25) is 0 Å². The predicted octanol–water partition coefficient (Wildman–Crippen LogP) is 3.06. The summed E-state index contributed by atoms with van der Waals surface area (Å²) < 4.78 is 5.07. The first-order chi connectivity index (χ1) is 10.1. The molecule has 0 aliphatic heterocycles. The molecule has 2 aromatic carbocycles. The highest BCUT2D eigenvalue weighted by atomic mass is 35.5. The molecule has 3 nitrogen and oxygen atoms in total. The van der Waals surface area contributed by atoms with Gasteiger partial charge in [0.15, 0.2) is 5.78 Å². The number of methoxy groups -OCH3 is 1. The van der Waals surface area contributed by atoms with E-state index in [0.717, 1.165) is 16.9 Å². The Balaban J connectivity index is 1.93. The summed E-state index contributed by atoms with van der Waals surface area (Å²) in [5, 5.41) is 10.6. The number of ether oxygens (including phenoxy) is 1. The first-order valence-corrected chi connectivity index (χ1v) is 7.04. The maximum Gasteiger partial charge on any atom is 0.165 e. The van der Waals surface area contributed by atoms with Gasteiger partial charge in [-0.2, -0.15) is 0 Å². The smallest absolute Gasteiger partial charge is 0.165 e. The average molecular weight is 305 g/mol. The van der Waals surface area contributed by atoms with E-state index in [4.69, 9.17) is 16.3 Å². The van der Waals surface area contributed by atoms with Crippen LogP contribution in [-0.2, 0) is 17.6 Å². The van der Waals surface area contributed by atoms with E-state index in [1.165, 1.54) is 0 Å². The first-order valence-electron chi connectivity index (χ1n) is 6.66. The molecule has 0 saturated heterocycles. The lowest BCUT2D eigenvalue weighted by atomic mass is 10.00. The number of rotatable bonds is 6. The van der Waals surface area contributed by atoms with E-state index in [0.29, 0.717) is 11.4 Å². The summed E-state index contributed by atoms with van der Waals surface area (Å²) >= 11 is 5.80. The molecule has 110 valence electrons. The van der Waals surface area contributed by atoms with Crippen molar-refractivity contribution in [2.75, 3.05) is 7.11 Å². The Morgan fingerprint density at radius 2 is 1.67 bits per heavy atom. The lowest BCUT2D eigenvalue weighted by Crippen LogP contribution is -2.24. The Kier molecular flexibility index (Phi) is 5.37. The Morgan fingerprint density at radius 3 is 2.24 bits per heavy atom. The summed E-state index contributed by atoms with van der Waals surface area (Å²) in [6, 6.07) is 14.4. The molecule has 0 aliphatic rings. The van der Waals surface area contributed by atoms with Gasteiger partial charge < -0.3 is 9.84 Å². The highest BCUT2D eigenvalue weighted by Crippen LogP contribution is 2.14. The normalized spacial score (nSPS) is 12.0. The highest BCUT2D eigenvalue weighted by Gasteiger charge is 2.16. The standard InChI is InChI=1S/C17H17ClO3/c1-21-15-8-4-13(5-9-15)11-17(20)16(19)10-12-2-6-14(18)7-3-12/h2-9,16,19H,10-11H2,1H3. The molecule has 0 radical (unpaired) electrons. The van der Waals surface area contributed by atoms with E-state index in [9.17, 15) is 9.90 Å². The van der Waals surface area contributed by atoms with Gasteiger partial charge in [-0.15, -0.1) is 0 Å². The van der Waals surface area contributed by atoms with Crippen LogP contribution in [0.15, 0.2) is 48.5 Å². The van der Waals surface area contributed by atoms with Crippen molar-refractivity contribution in [2.45, 2.75) is 18.9 Å². The minimum atomic E-state index is -1.01. The zero-order valence-electron chi connectivity index (χ0n) is 11.8. The molecule has 0 heterocycles. The molecule has 1 unspecified atom stereocenters. The van der Waals surface area contributed by atoms with Crippen molar-refractivity contribution in [3.63, 3.8) is 0 Å². The summed E-state index contributed by atoms with van der Waals surface area (Å²) in [5.74, 6) is 0.544. The van der Waals surface area contributed by atoms with E-state index >= 15 is 0 Å². The Labute approximate surface area is 129 Å². The monoisotopic (exact) mass is 304 g/mol. The number of ketones is 1. The van der Waals surface area contributed by atoms with E-state index < -0.39 is 6.10 Å². The van der Waals surface area contributed by atoms with Crippen molar-refractivity contribution in [1.29, 1.82) is 0 Å². The van der Waals surface area contributed by atoms with Crippen molar-refractivity contribution >= 4 is 17.4 Å². The van der Waals surface area contributed by atoms with Gasteiger partial charge in [0.25, 0.3) is 0 Å². The molecule has 1 atom stereocenters. The number of Topliss-reactive ketones (excluding diaryl/α,β-unsaturated/α-hetero) is 1. The zero-order valence-corrected chi connectivity index (χ0v) is 12.5. The van der Waals surface area contributed by atoms with Crippen molar-refractivity contribution in [3.8, 4) is 5.75 Å². The summed E-state index contributed by atoms with van der Waals surface area (Å²) in [7, 11) is 1.59. The molecule has 0 fully saturated rings. The van der Waals surface area contributed by atoms with Gasteiger partial charge in [-0.25, -0.2) is 0 Å². The second-order valence-electron chi connectivity index (χ2n) is 4.84. The van der Waals surface area contributed by atoms with Crippen LogP contribution < -0.4 is 4.74 Å². The highest BCUT2D eigenvalue weighted by molar-refractivity contribution is 6.30. The van der Waals surface area contributed by atoms with Gasteiger partial charge in [-0.1, -0.05) is 35.9 Å². The molecular formula is C17H17ClO3. The molecule has 4 heteroatoms. The maximum atomic E-state index is 12.0. The van der Waals surface area contributed by atoms with Crippen LogP contribution in [0.2, 0.25) is 5.02 Å². The van der Waals surface area contributed by atoms with Crippen molar-refractivity contribution < 1.29 is 14.6 Å². The average Bonchev–Trinajstić information content (AvgIpc) is 2.50. The molecule has 2 aromatic rings. The number of halogens is 1. The third kappa shape index (κ3) is 4.59. The van der Waals surface area contributed by atoms with Gasteiger partial charge in [0, 0.05) is 17.9 Å². The number of hydrogen-bond acceptors (Lipinski definition) is 3. The van der Waals surface area contributed by atoms with Crippen LogP contribution in [0.3, 0.4) is 0 Å². The molecule has 0 aliphatic carbocycles. The van der Waals surface area contributed by atoms with Crippen LogP contribution in [0.1, 0.15) is 11.1 Å². The fourth-order valence-electron chi connectivity index (χ4n) is 2.02. The number of hydrogen-bond donors (Lipinski definition) is 1. The summed E-state index contributed by atoms with van der Waals surface area (Å²) in [5.41, 5.74) is 1.74. The summed E-state index contributed by atoms with van der Waals surface area (Å²) in [4.78, 5) is 12.0. The third-order valence-corrected chi connectivity index (χ3v) is 3.50. The van der Waals surface area contributed by atoms with E-state index in [2.05, 4.69) is 0 Å². The largest absolute Gasteiger partial charge is 0.497 e. The van der Waals surface area contributed by atoms with Gasteiger partial charge in [0.05, 0.1) is 7.11 Å². The Bertz CT molecular complexity index is 590. The third-order valence-electron chi connectivity index (χ3n) is 3.25. The van der Waals surface area contributed by atoms with Crippen LogP contribution in [0, 0.1) is 0 Å². The van der Waals surface area contributed by atoms with Crippen molar-refractivity contribution in [3.05, 3.63) is 64.7 Å². The summed E-state index contributed by atoms with van der Waals surface area (Å²) in [6.45, 7) is 0. The minimum absolute atomic E-state index is 0.199. The maximum absolute atomic E-state index is 12.0. The van der Waals surface area contributed by atoms with Gasteiger partial charge in [-0.05, 0) is 35.4 Å². The van der Waals surface area contributed by atoms with Crippen LogP contribution in [0.25, 0.3) is 0 Å². The second kappa shape index (κ2) is 7.25. The molecule has 0 spiro atoms. The van der Waals surface area contributed by atoms with E-state index in [1.807, 2.05) is 24.3 Å². The number of aliphatic hydroxyl groups is 1. The molecule has 0 bridgehead atoms. The van der Waals surface area contributed by atoms with E-state index in [-0.39, 0.29) is 12.2 Å². The Hall–Kier alpha value is -1.84. The van der Waals surface area contributed by atoms with E-state index in [1.54, 1.807) is 31.4 Å². The van der Waals surface area contributed by atoms with Crippen LogP contribution in [-0.4, -0.2) is 24.1 Å². The number of carbonyl (C=O) groups excluding carboxylic acids is 1. The molecule has 2 rings (SSSR count). The second-order valence-corrected chi connectivity index (χ2v) is 5.27. The van der Waals surface area contributed by atoms with Crippen LogP contribution in [0.4, 0.5) is 0 Å². The SMILES string of the molecule is COc1ccc(CC(=O)C(O)Cc2ccc(Cl)cc2)cc1. The topological polar surface area (TPSA) is 46.5 Å². The first kappa shape index (κ1) is 15.5. The molecule has 0 saturated carbocycles. The molecular weight excluding hydrogens is 288 g/mol. The fourth-order valence-corrected chi connectivity index (χ4v) is 2.15. The number of benzene rings is 2. The molecule has 0 amide bonds. The number of aliphatic hydroxyl groups excluding tert-OH is 1. The predicted molar refractivity (Wildman–Crippen MR) is 82.9 cm³/mol. The Morgan fingerprint density at radius 1 is 1.10 bits per heavy atom. The molecule has 0 aromatic heterocycles. The molecule has 21 heavy (non-hydrogen) atoms. The molecule has 1 N–H and O–H groups in total. The number of carbonyl (C=O) groups is 1. The van der Waals surface area contributed by atoms with Crippen LogP contribution in [0.5, 0.6) is 5.75 Å². The zero-order chi connectivity index (χ0) is 15.2. The lowest BCUT2D eigenvalue weighted by Gasteiger charge is -2.10. The van der Waals surface area contributed by atoms with Crippen LogP contribution >= 0.6 is 11.6 Å². The van der Waals surface area contributed by atoms with Crippen molar-refractivity contribution in [1.82, 2.24) is 0 Å². The van der Waals surface area contributed by atoms with Gasteiger partial charge >= 0.3 is 0 Å². The van der Waals surface area contributed by atoms with Gasteiger partial charge in [-0.3, -0.25) is 4.79 Å². The minimum Gasteiger partial charge on any atom is -0.497 e. The lowest BCUT2D eigenvalue weighted by molar-refractivity contribution is -0.126.